The van der Waals surface area contributed by atoms with Gasteiger partial charge in [-0.2, -0.15) is 0 Å². The summed E-state index contributed by atoms with van der Waals surface area (Å²) in [6.45, 7) is 9.59. The summed E-state index contributed by atoms with van der Waals surface area (Å²) in [7, 11) is 0. The largest absolute Gasteiger partial charge is 0.487 e. The molecule has 1 amide bonds. The van der Waals surface area contributed by atoms with E-state index in [9.17, 15) is 9.90 Å². The monoisotopic (exact) mass is 414 g/mol. The number of aliphatic hydroxyl groups excluding tert-OH is 1. The van der Waals surface area contributed by atoms with E-state index in [1.54, 1.807) is 0 Å². The molecule has 0 bridgehead atoms. The van der Waals surface area contributed by atoms with E-state index < -0.39 is 6.10 Å². The zero-order valence-electron chi connectivity index (χ0n) is 17.6. The SMILES string of the molecule is Cc1nc(C)c(C(=O)N2C[C@H]3C[C@@H](Oc4ccccc4C(C)C)[C@H](O)C[C@H]3C2)s1. The van der Waals surface area contributed by atoms with E-state index in [0.29, 0.717) is 30.7 Å². The van der Waals surface area contributed by atoms with Crippen LogP contribution in [0.5, 0.6) is 5.75 Å². The summed E-state index contributed by atoms with van der Waals surface area (Å²) in [5.41, 5.74) is 1.99. The number of aliphatic hydroxyl groups is 1. The number of benzene rings is 1. The van der Waals surface area contributed by atoms with E-state index in [0.717, 1.165) is 34.3 Å². The van der Waals surface area contributed by atoms with Gasteiger partial charge in [0.1, 0.15) is 16.7 Å². The van der Waals surface area contributed by atoms with Crippen molar-refractivity contribution < 1.29 is 14.6 Å². The van der Waals surface area contributed by atoms with Crippen LogP contribution in [0.15, 0.2) is 24.3 Å². The van der Waals surface area contributed by atoms with Crippen molar-refractivity contribution in [3.8, 4) is 5.75 Å². The Morgan fingerprint density at radius 1 is 1.21 bits per heavy atom. The van der Waals surface area contributed by atoms with E-state index in [1.807, 2.05) is 36.9 Å². The molecule has 1 saturated heterocycles. The molecule has 2 fully saturated rings. The van der Waals surface area contributed by atoms with E-state index in [2.05, 4.69) is 24.9 Å². The van der Waals surface area contributed by atoms with Crippen LogP contribution >= 0.6 is 11.3 Å². The predicted molar refractivity (Wildman–Crippen MR) is 115 cm³/mol. The summed E-state index contributed by atoms with van der Waals surface area (Å²) in [4.78, 5) is 20.1. The second kappa shape index (κ2) is 8.07. The number of carbonyl (C=O) groups is 1. The van der Waals surface area contributed by atoms with Crippen LogP contribution in [0.2, 0.25) is 0 Å². The van der Waals surface area contributed by atoms with E-state index >= 15 is 0 Å². The molecule has 0 spiro atoms. The highest BCUT2D eigenvalue weighted by Crippen LogP contribution is 2.39. The molecule has 2 aliphatic rings. The van der Waals surface area contributed by atoms with Gasteiger partial charge in [0.05, 0.1) is 16.8 Å². The number of amides is 1. The van der Waals surface area contributed by atoms with Crippen molar-refractivity contribution in [2.75, 3.05) is 13.1 Å². The van der Waals surface area contributed by atoms with Crippen LogP contribution in [0.3, 0.4) is 0 Å². The summed E-state index contributed by atoms with van der Waals surface area (Å²) < 4.78 is 6.31. The zero-order valence-corrected chi connectivity index (χ0v) is 18.4. The van der Waals surface area contributed by atoms with Crippen molar-refractivity contribution in [2.45, 2.75) is 58.7 Å². The maximum absolute atomic E-state index is 13.0. The molecular formula is C23H30N2O3S. The number of hydrogen-bond donors (Lipinski definition) is 1. The van der Waals surface area contributed by atoms with Gasteiger partial charge in [-0.15, -0.1) is 11.3 Å². The van der Waals surface area contributed by atoms with E-state index in [1.165, 1.54) is 16.9 Å². The third-order valence-corrected chi connectivity index (χ3v) is 7.35. The minimum atomic E-state index is -0.501. The number of aryl methyl sites for hydroxylation is 2. The molecule has 0 radical (unpaired) electrons. The quantitative estimate of drug-likeness (QED) is 0.815. The van der Waals surface area contributed by atoms with Gasteiger partial charge in [0.2, 0.25) is 0 Å². The van der Waals surface area contributed by atoms with Gasteiger partial charge < -0.3 is 14.7 Å². The van der Waals surface area contributed by atoms with Gasteiger partial charge in [0.25, 0.3) is 5.91 Å². The molecule has 4 atom stereocenters. The van der Waals surface area contributed by atoms with Crippen LogP contribution in [-0.4, -0.2) is 46.2 Å². The lowest BCUT2D eigenvalue weighted by atomic mass is 9.78. The Bertz CT molecular complexity index is 894. The molecule has 156 valence electrons. The van der Waals surface area contributed by atoms with Crippen molar-refractivity contribution in [1.82, 2.24) is 9.88 Å². The molecule has 29 heavy (non-hydrogen) atoms. The summed E-state index contributed by atoms with van der Waals surface area (Å²) in [6, 6.07) is 8.09. The third kappa shape index (κ3) is 4.05. The van der Waals surface area contributed by atoms with Crippen molar-refractivity contribution >= 4 is 17.2 Å². The number of para-hydroxylation sites is 1. The third-order valence-electron chi connectivity index (χ3n) is 6.29. The fraction of sp³-hybridized carbons (Fsp3) is 0.565. The minimum Gasteiger partial charge on any atom is -0.487 e. The highest BCUT2D eigenvalue weighted by Gasteiger charge is 2.44. The van der Waals surface area contributed by atoms with Crippen LogP contribution in [0.1, 0.15) is 58.5 Å². The summed E-state index contributed by atoms with van der Waals surface area (Å²) >= 11 is 1.47. The van der Waals surface area contributed by atoms with Crippen molar-refractivity contribution in [3.05, 3.63) is 45.4 Å². The minimum absolute atomic E-state index is 0.0830. The molecule has 1 aromatic heterocycles. The van der Waals surface area contributed by atoms with Crippen molar-refractivity contribution in [2.24, 2.45) is 11.8 Å². The molecule has 4 rings (SSSR count). The molecular weight excluding hydrogens is 384 g/mol. The highest BCUT2D eigenvalue weighted by molar-refractivity contribution is 7.13. The summed E-state index contributed by atoms with van der Waals surface area (Å²) in [6.07, 6.45) is 0.740. The van der Waals surface area contributed by atoms with Crippen LogP contribution < -0.4 is 4.74 Å². The molecule has 1 saturated carbocycles. The molecule has 2 heterocycles. The Hall–Kier alpha value is -1.92. The first-order chi connectivity index (χ1) is 13.8. The standard InChI is InChI=1S/C23H30N2O3S/c1-13(2)18-7-5-6-8-20(18)28-21-10-17-12-25(11-16(17)9-19(21)26)23(27)22-14(3)24-15(4)29-22/h5-8,13,16-17,19,21,26H,9-12H2,1-4H3/t16-,17+,19+,21+/m0/s1. The maximum Gasteiger partial charge on any atom is 0.265 e. The number of fused-ring (bicyclic) bond motifs is 1. The molecule has 2 aromatic rings. The topological polar surface area (TPSA) is 62.7 Å². The molecule has 6 heteroatoms. The molecule has 1 aliphatic heterocycles. The number of likely N-dealkylation sites (tertiary alicyclic amines) is 1. The molecule has 0 unspecified atom stereocenters. The Labute approximate surface area is 176 Å². The normalized spacial score (nSPS) is 26.6. The van der Waals surface area contributed by atoms with Gasteiger partial charge >= 0.3 is 0 Å². The number of thiazole rings is 1. The Morgan fingerprint density at radius 2 is 1.90 bits per heavy atom. The molecule has 1 N–H and O–H groups in total. The average Bonchev–Trinajstić information content (AvgIpc) is 3.23. The number of carbonyl (C=O) groups excluding carboxylic acids is 1. The Kier molecular flexibility index (Phi) is 5.67. The Balaban J connectivity index is 1.46. The lowest BCUT2D eigenvalue weighted by molar-refractivity contribution is -0.0236. The van der Waals surface area contributed by atoms with Crippen LogP contribution in [0.4, 0.5) is 0 Å². The molecule has 1 aliphatic carbocycles. The van der Waals surface area contributed by atoms with Gasteiger partial charge in [-0.25, -0.2) is 4.98 Å². The van der Waals surface area contributed by atoms with Gasteiger partial charge in [0, 0.05) is 13.1 Å². The van der Waals surface area contributed by atoms with Crippen molar-refractivity contribution in [3.63, 3.8) is 0 Å². The van der Waals surface area contributed by atoms with Gasteiger partial charge in [-0.3, -0.25) is 4.79 Å². The highest BCUT2D eigenvalue weighted by atomic mass is 32.1. The number of rotatable bonds is 4. The second-order valence-corrected chi connectivity index (χ2v) is 9.97. The van der Waals surface area contributed by atoms with Crippen LogP contribution in [-0.2, 0) is 0 Å². The average molecular weight is 415 g/mol. The number of ether oxygens (including phenoxy) is 1. The first kappa shape index (κ1) is 20.4. The number of aromatic nitrogens is 1. The Morgan fingerprint density at radius 3 is 2.55 bits per heavy atom. The van der Waals surface area contributed by atoms with Crippen LogP contribution in [0, 0.1) is 25.7 Å². The fourth-order valence-electron chi connectivity index (χ4n) is 4.78. The van der Waals surface area contributed by atoms with Gasteiger partial charge in [0.15, 0.2) is 0 Å². The van der Waals surface area contributed by atoms with Crippen molar-refractivity contribution in [1.29, 1.82) is 0 Å². The number of nitrogens with zero attached hydrogens (tertiary/aromatic N) is 2. The van der Waals surface area contributed by atoms with Crippen LogP contribution in [0.25, 0.3) is 0 Å². The second-order valence-electron chi connectivity index (χ2n) is 8.77. The first-order valence-corrected chi connectivity index (χ1v) is 11.3. The summed E-state index contributed by atoms with van der Waals surface area (Å²) in [5, 5.41) is 11.7. The smallest absolute Gasteiger partial charge is 0.265 e. The molecule has 1 aromatic carbocycles. The zero-order chi connectivity index (χ0) is 20.7. The van der Waals surface area contributed by atoms with Gasteiger partial charge in [-0.05, 0) is 56.1 Å². The van der Waals surface area contributed by atoms with E-state index in [-0.39, 0.29) is 12.0 Å². The lowest BCUT2D eigenvalue weighted by Gasteiger charge is -2.35. The predicted octanol–water partition coefficient (Wildman–Crippen LogP) is 4.17. The first-order valence-electron chi connectivity index (χ1n) is 10.5. The lowest BCUT2D eigenvalue weighted by Crippen LogP contribution is -2.42. The fourth-order valence-corrected chi connectivity index (χ4v) is 5.67. The van der Waals surface area contributed by atoms with Gasteiger partial charge in [-0.1, -0.05) is 32.0 Å². The maximum atomic E-state index is 13.0. The molecule has 5 nitrogen and oxygen atoms in total. The summed E-state index contributed by atoms with van der Waals surface area (Å²) in [5.74, 6) is 2.02. The number of hydrogen-bond acceptors (Lipinski definition) is 5. The van der Waals surface area contributed by atoms with E-state index in [4.69, 9.17) is 4.74 Å².